The number of rotatable bonds is 4. The Bertz CT molecular complexity index is 750. The van der Waals surface area contributed by atoms with Gasteiger partial charge in [0.25, 0.3) is 0 Å². The molecule has 1 aromatic heterocycles. The van der Waals surface area contributed by atoms with E-state index in [1.807, 2.05) is 29.2 Å². The van der Waals surface area contributed by atoms with Gasteiger partial charge in [-0.25, -0.2) is 10.8 Å². The van der Waals surface area contributed by atoms with Crippen molar-refractivity contribution in [2.45, 2.75) is 0 Å². The summed E-state index contributed by atoms with van der Waals surface area (Å²) in [4.78, 5) is 10.8. The highest BCUT2D eigenvalue weighted by atomic mass is 16.5. The van der Waals surface area contributed by atoms with Gasteiger partial charge < -0.3 is 14.4 Å². The molecule has 1 aromatic carbocycles. The highest BCUT2D eigenvalue weighted by Crippen LogP contribution is 2.30. The molecule has 3 N–H and O–H groups in total. The van der Waals surface area contributed by atoms with Crippen LogP contribution in [0.15, 0.2) is 24.3 Å². The number of nitrogens with two attached hydrogens (primary N) is 1. The van der Waals surface area contributed by atoms with Crippen molar-refractivity contribution < 1.29 is 9.47 Å². The first-order valence-electron chi connectivity index (χ1n) is 7.52. The molecule has 0 saturated carbocycles. The molecule has 2 heterocycles. The average Bonchev–Trinajstić information content (AvgIpc) is 2.67. The normalized spacial score (nSPS) is 14.1. The Morgan fingerprint density at radius 2 is 1.96 bits per heavy atom. The van der Waals surface area contributed by atoms with E-state index in [1.54, 1.807) is 7.11 Å². The summed E-state index contributed by atoms with van der Waals surface area (Å²) in [6, 6.07) is 9.58. The number of nitrogens with one attached hydrogen (secondary N) is 1. The molecule has 124 valence electrons. The van der Waals surface area contributed by atoms with Gasteiger partial charge in [-0.2, -0.15) is 10.2 Å². The molecule has 2 aromatic rings. The molecular formula is C16H18N6O2. The number of morpholine rings is 1. The summed E-state index contributed by atoms with van der Waals surface area (Å²) in [5, 5.41) is 9.69. The number of nitrogen functional groups attached to an aromatic ring is 1. The zero-order chi connectivity index (χ0) is 16.9. The van der Waals surface area contributed by atoms with E-state index in [9.17, 15) is 5.26 Å². The predicted molar refractivity (Wildman–Crippen MR) is 89.6 cm³/mol. The Kier molecular flexibility index (Phi) is 4.74. The van der Waals surface area contributed by atoms with Gasteiger partial charge in [0.05, 0.1) is 26.0 Å². The third-order valence-corrected chi connectivity index (χ3v) is 3.80. The van der Waals surface area contributed by atoms with Crippen molar-refractivity contribution in [1.29, 1.82) is 5.26 Å². The summed E-state index contributed by atoms with van der Waals surface area (Å²) in [7, 11) is 1.60. The number of nitriles is 1. The first kappa shape index (κ1) is 16.0. The van der Waals surface area contributed by atoms with Crippen LogP contribution >= 0.6 is 0 Å². The van der Waals surface area contributed by atoms with Crippen LogP contribution in [0.3, 0.4) is 0 Å². The van der Waals surface area contributed by atoms with Gasteiger partial charge >= 0.3 is 0 Å². The van der Waals surface area contributed by atoms with Gasteiger partial charge in [-0.3, -0.25) is 5.43 Å². The summed E-state index contributed by atoms with van der Waals surface area (Å²) in [5.41, 5.74) is 4.22. The van der Waals surface area contributed by atoms with Crippen LogP contribution in [0.4, 0.5) is 11.8 Å². The van der Waals surface area contributed by atoms with Crippen LogP contribution in [0.2, 0.25) is 0 Å². The van der Waals surface area contributed by atoms with Crippen LogP contribution in [-0.4, -0.2) is 43.4 Å². The van der Waals surface area contributed by atoms with E-state index in [0.29, 0.717) is 43.4 Å². The molecule has 0 amide bonds. The van der Waals surface area contributed by atoms with E-state index >= 15 is 0 Å². The summed E-state index contributed by atoms with van der Waals surface area (Å²) in [5.74, 6) is 7.07. The van der Waals surface area contributed by atoms with Crippen molar-refractivity contribution in [3.63, 3.8) is 0 Å². The van der Waals surface area contributed by atoms with E-state index in [2.05, 4.69) is 21.5 Å². The Morgan fingerprint density at radius 3 is 2.54 bits per heavy atom. The fraction of sp³-hybridized carbons (Fsp3) is 0.312. The molecule has 1 aliphatic heterocycles. The third kappa shape index (κ3) is 3.08. The van der Waals surface area contributed by atoms with Gasteiger partial charge in [0.1, 0.15) is 17.4 Å². The van der Waals surface area contributed by atoms with Gasteiger partial charge in [-0.15, -0.1) is 0 Å². The molecule has 8 heteroatoms. The number of methoxy groups -OCH3 is 1. The van der Waals surface area contributed by atoms with Crippen LogP contribution in [0.25, 0.3) is 11.3 Å². The molecule has 0 atom stereocenters. The van der Waals surface area contributed by atoms with E-state index in [4.69, 9.17) is 15.3 Å². The van der Waals surface area contributed by atoms with Crippen molar-refractivity contribution in [3.05, 3.63) is 29.8 Å². The lowest BCUT2D eigenvalue weighted by Gasteiger charge is -2.29. The summed E-state index contributed by atoms with van der Waals surface area (Å²) < 4.78 is 10.5. The molecule has 24 heavy (non-hydrogen) atoms. The van der Waals surface area contributed by atoms with Crippen molar-refractivity contribution in [2.24, 2.45) is 5.84 Å². The third-order valence-electron chi connectivity index (χ3n) is 3.80. The van der Waals surface area contributed by atoms with Crippen LogP contribution in [0.1, 0.15) is 5.56 Å². The second-order valence-electron chi connectivity index (χ2n) is 5.18. The summed E-state index contributed by atoms with van der Waals surface area (Å²) in [6.07, 6.45) is 0. The fourth-order valence-corrected chi connectivity index (χ4v) is 2.58. The Morgan fingerprint density at radius 1 is 1.25 bits per heavy atom. The number of anilines is 2. The van der Waals surface area contributed by atoms with Gasteiger partial charge in [-0.1, -0.05) is 0 Å². The van der Waals surface area contributed by atoms with Crippen molar-refractivity contribution in [3.8, 4) is 23.1 Å². The number of aromatic nitrogens is 2. The second-order valence-corrected chi connectivity index (χ2v) is 5.18. The maximum atomic E-state index is 9.69. The second kappa shape index (κ2) is 7.12. The molecule has 1 aliphatic rings. The van der Waals surface area contributed by atoms with Gasteiger partial charge in [0.2, 0.25) is 5.95 Å². The number of hydrazine groups is 1. The molecule has 0 bridgehead atoms. The molecule has 0 spiro atoms. The van der Waals surface area contributed by atoms with Crippen LogP contribution in [-0.2, 0) is 4.74 Å². The minimum Gasteiger partial charge on any atom is -0.497 e. The van der Waals surface area contributed by atoms with Crippen molar-refractivity contribution in [1.82, 2.24) is 9.97 Å². The summed E-state index contributed by atoms with van der Waals surface area (Å²) >= 11 is 0. The van der Waals surface area contributed by atoms with Crippen molar-refractivity contribution >= 4 is 11.8 Å². The molecule has 1 saturated heterocycles. The van der Waals surface area contributed by atoms with Gasteiger partial charge in [0, 0.05) is 18.7 Å². The standard InChI is InChI=1S/C16H18N6O2/c1-23-12-4-2-11(3-5-12)14-13(10-17)15(20-16(19-14)21-18)22-6-8-24-9-7-22/h2-5H,6-9,18H2,1H3,(H,19,20,21). The smallest absolute Gasteiger partial charge is 0.239 e. The molecule has 1 fully saturated rings. The van der Waals surface area contributed by atoms with E-state index in [-0.39, 0.29) is 5.95 Å². The molecule has 8 nitrogen and oxygen atoms in total. The molecule has 0 aliphatic carbocycles. The average molecular weight is 326 g/mol. The number of ether oxygens (including phenoxy) is 2. The minimum absolute atomic E-state index is 0.265. The van der Waals surface area contributed by atoms with Crippen LogP contribution in [0, 0.1) is 11.3 Å². The topological polar surface area (TPSA) is 109 Å². The van der Waals surface area contributed by atoms with E-state index < -0.39 is 0 Å². The Balaban J connectivity index is 2.11. The monoisotopic (exact) mass is 326 g/mol. The quantitative estimate of drug-likeness (QED) is 0.636. The summed E-state index contributed by atoms with van der Waals surface area (Å²) in [6.45, 7) is 2.52. The number of benzene rings is 1. The number of hydrogen-bond donors (Lipinski definition) is 2. The maximum Gasteiger partial charge on any atom is 0.239 e. The van der Waals surface area contributed by atoms with Gasteiger partial charge in [0.15, 0.2) is 5.82 Å². The first-order valence-corrected chi connectivity index (χ1v) is 7.52. The predicted octanol–water partition coefficient (Wildman–Crippen LogP) is 1.15. The SMILES string of the molecule is COc1ccc(-c2nc(NN)nc(N3CCOCC3)c2C#N)cc1. The van der Waals surface area contributed by atoms with Crippen molar-refractivity contribution in [2.75, 3.05) is 43.7 Å². The first-order chi connectivity index (χ1) is 11.8. The lowest BCUT2D eigenvalue weighted by Crippen LogP contribution is -2.37. The lowest BCUT2D eigenvalue weighted by atomic mass is 10.1. The fourth-order valence-electron chi connectivity index (χ4n) is 2.58. The minimum atomic E-state index is 0.265. The highest BCUT2D eigenvalue weighted by Gasteiger charge is 2.22. The number of nitrogens with zero attached hydrogens (tertiary/aromatic N) is 4. The highest BCUT2D eigenvalue weighted by molar-refractivity contribution is 5.75. The molecule has 0 radical (unpaired) electrons. The zero-order valence-corrected chi connectivity index (χ0v) is 13.3. The van der Waals surface area contributed by atoms with E-state index in [0.717, 1.165) is 11.3 Å². The van der Waals surface area contributed by atoms with Crippen LogP contribution < -0.4 is 20.9 Å². The van der Waals surface area contributed by atoms with Crippen LogP contribution in [0.5, 0.6) is 5.75 Å². The molecule has 3 rings (SSSR count). The maximum absolute atomic E-state index is 9.69. The Labute approximate surface area is 139 Å². The van der Waals surface area contributed by atoms with E-state index in [1.165, 1.54) is 0 Å². The zero-order valence-electron chi connectivity index (χ0n) is 13.3. The largest absolute Gasteiger partial charge is 0.497 e. The molecular weight excluding hydrogens is 308 g/mol. The lowest BCUT2D eigenvalue weighted by molar-refractivity contribution is 0.122. The number of hydrogen-bond acceptors (Lipinski definition) is 8. The molecule has 0 unspecified atom stereocenters. The van der Waals surface area contributed by atoms with Gasteiger partial charge in [-0.05, 0) is 24.3 Å². The Hall–Kier alpha value is -2.89.